The average molecular weight is 255 g/mol. The Hall–Kier alpha value is -1.09. The lowest BCUT2D eigenvalue weighted by atomic mass is 9.96. The molecule has 0 spiro atoms. The topological polar surface area (TPSA) is 33.2 Å². The molecule has 1 saturated heterocycles. The van der Waals surface area contributed by atoms with Crippen molar-refractivity contribution in [3.05, 3.63) is 30.1 Å². The van der Waals surface area contributed by atoms with Crippen LogP contribution in [0.5, 0.6) is 0 Å². The van der Waals surface area contributed by atoms with Gasteiger partial charge in [-0.15, -0.1) is 12.4 Å². The molecule has 1 fully saturated rings. The molecule has 1 aliphatic rings. The van der Waals surface area contributed by atoms with Crippen LogP contribution in [0.1, 0.15) is 43.5 Å². The van der Waals surface area contributed by atoms with Crippen molar-refractivity contribution in [1.82, 2.24) is 9.88 Å². The van der Waals surface area contributed by atoms with E-state index in [4.69, 9.17) is 0 Å². The lowest BCUT2D eigenvalue weighted by Crippen LogP contribution is -2.47. The van der Waals surface area contributed by atoms with Crippen LogP contribution in [-0.4, -0.2) is 27.9 Å². The third-order valence-electron chi connectivity index (χ3n) is 3.34. The number of nitrogens with zero attached hydrogens (tertiary/aromatic N) is 2. The summed E-state index contributed by atoms with van der Waals surface area (Å²) in [5.41, 5.74) is 0.697. The van der Waals surface area contributed by atoms with Gasteiger partial charge in [-0.2, -0.15) is 0 Å². The molecule has 4 heteroatoms. The van der Waals surface area contributed by atoms with Gasteiger partial charge in [-0.25, -0.2) is 0 Å². The molecule has 0 radical (unpaired) electrons. The van der Waals surface area contributed by atoms with Crippen molar-refractivity contribution in [2.75, 3.05) is 0 Å². The van der Waals surface area contributed by atoms with Gasteiger partial charge in [-0.1, -0.05) is 0 Å². The second kappa shape index (κ2) is 6.01. The van der Waals surface area contributed by atoms with Gasteiger partial charge in [0.25, 0.3) is 5.91 Å². The Morgan fingerprint density at radius 2 is 2.00 bits per heavy atom. The molecule has 0 aliphatic carbocycles. The summed E-state index contributed by atoms with van der Waals surface area (Å²) < 4.78 is 0. The Labute approximate surface area is 109 Å². The van der Waals surface area contributed by atoms with Gasteiger partial charge in [0.15, 0.2) is 0 Å². The molecule has 2 heterocycles. The predicted molar refractivity (Wildman–Crippen MR) is 70.4 cm³/mol. The smallest absolute Gasteiger partial charge is 0.255 e. The molecule has 0 N–H and O–H groups in total. The van der Waals surface area contributed by atoms with E-state index in [1.807, 2.05) is 17.0 Å². The molecule has 2 atom stereocenters. The number of rotatable bonds is 1. The van der Waals surface area contributed by atoms with Gasteiger partial charge in [0.1, 0.15) is 0 Å². The monoisotopic (exact) mass is 254 g/mol. The van der Waals surface area contributed by atoms with E-state index in [0.29, 0.717) is 17.6 Å². The minimum Gasteiger partial charge on any atom is -0.333 e. The molecule has 0 aromatic carbocycles. The minimum absolute atomic E-state index is 0. The molecule has 0 saturated carbocycles. The Kier molecular flexibility index (Phi) is 4.94. The van der Waals surface area contributed by atoms with E-state index in [1.54, 1.807) is 12.4 Å². The van der Waals surface area contributed by atoms with Crippen molar-refractivity contribution in [3.8, 4) is 0 Å². The van der Waals surface area contributed by atoms with Crippen molar-refractivity contribution in [2.45, 2.75) is 45.2 Å². The Morgan fingerprint density at radius 3 is 2.53 bits per heavy atom. The van der Waals surface area contributed by atoms with Crippen LogP contribution < -0.4 is 0 Å². The molecule has 1 aliphatic heterocycles. The fourth-order valence-electron chi connectivity index (χ4n) is 2.46. The number of likely N-dealkylation sites (tertiary alicyclic amines) is 1. The maximum Gasteiger partial charge on any atom is 0.255 e. The molecular weight excluding hydrogens is 236 g/mol. The number of hydrogen-bond acceptors (Lipinski definition) is 2. The predicted octanol–water partition coefficient (Wildman–Crippen LogP) is 2.91. The summed E-state index contributed by atoms with van der Waals surface area (Å²) in [5.74, 6) is 0.118. The Morgan fingerprint density at radius 1 is 1.35 bits per heavy atom. The normalized spacial score (nSPS) is 24.0. The van der Waals surface area contributed by atoms with E-state index >= 15 is 0 Å². The number of carbonyl (C=O) groups excluding carboxylic acids is 1. The number of hydrogen-bond donors (Lipinski definition) is 0. The van der Waals surface area contributed by atoms with Crippen LogP contribution in [0.25, 0.3) is 0 Å². The zero-order chi connectivity index (χ0) is 11.5. The van der Waals surface area contributed by atoms with Crippen molar-refractivity contribution >= 4 is 18.3 Å². The first-order valence-electron chi connectivity index (χ1n) is 5.93. The summed E-state index contributed by atoms with van der Waals surface area (Å²) in [4.78, 5) is 18.3. The number of amides is 1. The molecule has 2 unspecified atom stereocenters. The number of carbonyl (C=O) groups is 1. The van der Waals surface area contributed by atoms with Gasteiger partial charge in [0.2, 0.25) is 0 Å². The third kappa shape index (κ3) is 2.97. The summed E-state index contributed by atoms with van der Waals surface area (Å²) in [6.07, 6.45) is 6.78. The van der Waals surface area contributed by atoms with Crippen LogP contribution in [0.15, 0.2) is 24.5 Å². The van der Waals surface area contributed by atoms with Crippen LogP contribution in [-0.2, 0) is 0 Å². The van der Waals surface area contributed by atoms with Gasteiger partial charge in [-0.3, -0.25) is 9.78 Å². The van der Waals surface area contributed by atoms with Crippen molar-refractivity contribution in [1.29, 1.82) is 0 Å². The highest BCUT2D eigenvalue weighted by molar-refractivity contribution is 5.94. The second-order valence-electron chi connectivity index (χ2n) is 4.58. The first kappa shape index (κ1) is 14.0. The molecule has 17 heavy (non-hydrogen) atoms. The standard InChI is InChI=1S/C13H18N2O.ClH/c1-10-5-3-6-11(2)15(10)13(16)12-7-4-8-14-9-12;/h4,7-11H,3,5-6H2,1-2H3;1H. The minimum atomic E-state index is 0. The highest BCUT2D eigenvalue weighted by Gasteiger charge is 2.29. The van der Waals surface area contributed by atoms with Crippen molar-refractivity contribution in [3.63, 3.8) is 0 Å². The van der Waals surface area contributed by atoms with Crippen molar-refractivity contribution < 1.29 is 4.79 Å². The van der Waals surface area contributed by atoms with Gasteiger partial charge in [0.05, 0.1) is 5.56 Å². The first-order chi connectivity index (χ1) is 7.70. The van der Waals surface area contributed by atoms with E-state index < -0.39 is 0 Å². The van der Waals surface area contributed by atoms with Crippen LogP contribution in [0.4, 0.5) is 0 Å². The summed E-state index contributed by atoms with van der Waals surface area (Å²) in [6.45, 7) is 4.26. The van der Waals surface area contributed by atoms with Crippen LogP contribution >= 0.6 is 12.4 Å². The van der Waals surface area contributed by atoms with E-state index in [0.717, 1.165) is 12.8 Å². The number of aromatic nitrogens is 1. The molecule has 2 rings (SSSR count). The second-order valence-corrected chi connectivity index (χ2v) is 4.58. The zero-order valence-electron chi connectivity index (χ0n) is 10.3. The van der Waals surface area contributed by atoms with E-state index in [-0.39, 0.29) is 18.3 Å². The average Bonchev–Trinajstić information content (AvgIpc) is 2.30. The highest BCUT2D eigenvalue weighted by Crippen LogP contribution is 2.24. The maximum atomic E-state index is 12.3. The summed E-state index contributed by atoms with van der Waals surface area (Å²) >= 11 is 0. The highest BCUT2D eigenvalue weighted by atomic mass is 35.5. The van der Waals surface area contributed by atoms with Gasteiger partial charge >= 0.3 is 0 Å². The van der Waals surface area contributed by atoms with E-state index in [2.05, 4.69) is 18.8 Å². The molecule has 1 aromatic heterocycles. The van der Waals surface area contributed by atoms with Gasteiger partial charge in [0, 0.05) is 24.5 Å². The quantitative estimate of drug-likeness (QED) is 0.772. The largest absolute Gasteiger partial charge is 0.333 e. The van der Waals surface area contributed by atoms with Crippen LogP contribution in [0.2, 0.25) is 0 Å². The molecule has 1 amide bonds. The molecule has 3 nitrogen and oxygen atoms in total. The van der Waals surface area contributed by atoms with E-state index in [9.17, 15) is 4.79 Å². The fraction of sp³-hybridized carbons (Fsp3) is 0.538. The van der Waals surface area contributed by atoms with Gasteiger partial charge < -0.3 is 4.90 Å². The van der Waals surface area contributed by atoms with Crippen molar-refractivity contribution in [2.24, 2.45) is 0 Å². The summed E-state index contributed by atoms with van der Waals surface area (Å²) in [5, 5.41) is 0. The molecule has 1 aromatic rings. The van der Waals surface area contributed by atoms with E-state index in [1.165, 1.54) is 6.42 Å². The molecular formula is C13H19ClN2O. The number of pyridine rings is 1. The summed E-state index contributed by atoms with van der Waals surface area (Å²) in [6, 6.07) is 4.34. The van der Waals surface area contributed by atoms with Crippen LogP contribution in [0, 0.1) is 0 Å². The molecule has 0 bridgehead atoms. The first-order valence-corrected chi connectivity index (χ1v) is 5.93. The number of piperidine rings is 1. The lowest BCUT2D eigenvalue weighted by Gasteiger charge is -2.39. The Bertz CT molecular complexity index is 359. The van der Waals surface area contributed by atoms with Gasteiger partial charge in [-0.05, 0) is 45.2 Å². The van der Waals surface area contributed by atoms with Crippen LogP contribution in [0.3, 0.4) is 0 Å². The lowest BCUT2D eigenvalue weighted by molar-refractivity contribution is 0.0510. The number of halogens is 1. The molecule has 94 valence electrons. The fourth-order valence-corrected chi connectivity index (χ4v) is 2.46. The maximum absolute atomic E-state index is 12.3. The third-order valence-corrected chi connectivity index (χ3v) is 3.34. The zero-order valence-corrected chi connectivity index (χ0v) is 11.1. The summed E-state index contributed by atoms with van der Waals surface area (Å²) in [7, 11) is 0. The SMILES string of the molecule is CC1CCCC(C)N1C(=O)c1cccnc1.Cl. The Balaban J connectivity index is 0.00000144.